The van der Waals surface area contributed by atoms with Gasteiger partial charge in [-0.2, -0.15) is 13.2 Å². The Balaban J connectivity index is 1.63. The number of alkyl halides is 3. The zero-order valence-electron chi connectivity index (χ0n) is 20.8. The van der Waals surface area contributed by atoms with Crippen molar-refractivity contribution in [1.29, 1.82) is 0 Å². The number of benzene rings is 2. The van der Waals surface area contributed by atoms with Crippen LogP contribution >= 0.6 is 0 Å². The fraction of sp³-hybridized carbons (Fsp3) is 0.269. The number of halogens is 3. The van der Waals surface area contributed by atoms with Crippen LogP contribution in [0.1, 0.15) is 33.2 Å². The van der Waals surface area contributed by atoms with Crippen LogP contribution in [0, 0.1) is 6.92 Å². The molecule has 2 amide bonds. The molecule has 0 spiro atoms. The van der Waals surface area contributed by atoms with Gasteiger partial charge >= 0.3 is 6.18 Å². The number of rotatable bonds is 11. The number of ketones is 1. The van der Waals surface area contributed by atoms with E-state index in [1.165, 1.54) is 19.1 Å². The number of Topliss-reactive ketones (excluding diaryl/α,β-unsaturated/α-hetero) is 1. The van der Waals surface area contributed by atoms with Crippen molar-refractivity contribution in [3.05, 3.63) is 71.3 Å². The van der Waals surface area contributed by atoms with Crippen LogP contribution in [-0.2, 0) is 4.79 Å². The van der Waals surface area contributed by atoms with Crippen LogP contribution in [-0.4, -0.2) is 59.9 Å². The number of hydrogen-bond acceptors (Lipinski definition) is 7. The quantitative estimate of drug-likeness (QED) is 0.221. The normalized spacial score (nSPS) is 11.0. The number of hydrogen-bond donors (Lipinski definition) is 4. The molecular weight excluding hydrogens is 501 g/mol. The minimum Gasteiger partial charge on any atom is -0.368 e. The maximum atomic E-state index is 12.6. The van der Waals surface area contributed by atoms with Crippen molar-refractivity contribution in [3.63, 3.8) is 0 Å². The highest BCUT2D eigenvalue weighted by atomic mass is 19.4. The summed E-state index contributed by atoms with van der Waals surface area (Å²) in [7, 11) is 0. The van der Waals surface area contributed by atoms with Crippen molar-refractivity contribution in [1.82, 2.24) is 20.6 Å². The van der Waals surface area contributed by atoms with Gasteiger partial charge in [0.25, 0.3) is 11.7 Å². The number of amides is 2. The second-order valence-corrected chi connectivity index (χ2v) is 8.23. The molecule has 12 heteroatoms. The molecule has 0 bridgehead atoms. The Hall–Kier alpha value is -4.48. The lowest BCUT2D eigenvalue weighted by molar-refractivity contribution is -0.118. The van der Waals surface area contributed by atoms with Crippen LogP contribution in [0.25, 0.3) is 11.4 Å². The molecule has 0 radical (unpaired) electrons. The number of carbonyl (C=O) groups excluding carboxylic acids is 3. The summed E-state index contributed by atoms with van der Waals surface area (Å²) in [5.41, 5.74) is 1.13. The van der Waals surface area contributed by atoms with E-state index in [-0.39, 0.29) is 18.0 Å². The van der Waals surface area contributed by atoms with Gasteiger partial charge in [0.2, 0.25) is 5.91 Å². The van der Waals surface area contributed by atoms with E-state index >= 15 is 0 Å². The molecule has 0 aliphatic carbocycles. The van der Waals surface area contributed by atoms with Crippen molar-refractivity contribution in [2.45, 2.75) is 20.0 Å². The van der Waals surface area contributed by atoms with E-state index < -0.39 is 23.4 Å². The van der Waals surface area contributed by atoms with Gasteiger partial charge in [-0.1, -0.05) is 42.5 Å². The average Bonchev–Trinajstić information content (AvgIpc) is 2.90. The minimum atomic E-state index is -4.98. The summed E-state index contributed by atoms with van der Waals surface area (Å²) in [6.45, 7) is 4.63. The molecule has 0 saturated heterocycles. The van der Waals surface area contributed by atoms with Gasteiger partial charge in [0.15, 0.2) is 5.82 Å². The topological polar surface area (TPSA) is 125 Å². The number of carbonyl (C=O) groups is 3. The Bertz CT molecular complexity index is 1280. The van der Waals surface area contributed by atoms with E-state index in [0.29, 0.717) is 37.1 Å². The van der Waals surface area contributed by atoms with Crippen LogP contribution in [0.2, 0.25) is 0 Å². The second kappa shape index (κ2) is 12.7. The predicted molar refractivity (Wildman–Crippen MR) is 137 cm³/mol. The third-order valence-electron chi connectivity index (χ3n) is 5.34. The highest BCUT2D eigenvalue weighted by Gasteiger charge is 2.39. The van der Waals surface area contributed by atoms with Gasteiger partial charge in [-0.3, -0.25) is 14.4 Å². The Morgan fingerprint density at radius 1 is 0.763 bits per heavy atom. The average molecular weight is 529 g/mol. The van der Waals surface area contributed by atoms with Gasteiger partial charge in [-0.15, -0.1) is 0 Å². The number of anilines is 2. The third kappa shape index (κ3) is 7.76. The molecule has 0 saturated carbocycles. The Kier molecular flexibility index (Phi) is 9.36. The molecule has 38 heavy (non-hydrogen) atoms. The first-order valence-corrected chi connectivity index (χ1v) is 11.7. The molecule has 0 aliphatic heterocycles. The Morgan fingerprint density at radius 2 is 1.29 bits per heavy atom. The van der Waals surface area contributed by atoms with Crippen molar-refractivity contribution in [2.75, 3.05) is 36.8 Å². The first kappa shape index (κ1) is 28.1. The standard InChI is InChI=1S/C26H27F3N6O3/c1-16-22(31-13-12-30-17(2)36)34-24(19-6-4-3-5-7-19)35-23(16)32-14-15-33-25(38)20-10-8-18(9-11-20)21(37)26(27,28)29/h3-11H,12-15H2,1-2H3,(H,30,36)(H,33,38)(H2,31,32,34,35). The summed E-state index contributed by atoms with van der Waals surface area (Å²) in [4.78, 5) is 44.0. The molecule has 3 rings (SSSR count). The van der Waals surface area contributed by atoms with Crippen molar-refractivity contribution in [2.24, 2.45) is 0 Å². The molecule has 0 atom stereocenters. The third-order valence-corrected chi connectivity index (χ3v) is 5.34. The lowest BCUT2D eigenvalue weighted by Crippen LogP contribution is -2.29. The molecule has 4 N–H and O–H groups in total. The SMILES string of the molecule is CC(=O)NCCNc1nc(-c2ccccc2)nc(NCCNC(=O)c2ccc(C(=O)C(F)(F)F)cc2)c1C. The molecule has 200 valence electrons. The monoisotopic (exact) mass is 528 g/mol. The van der Waals surface area contributed by atoms with Crippen LogP contribution in [0.3, 0.4) is 0 Å². The second-order valence-electron chi connectivity index (χ2n) is 8.23. The smallest absolute Gasteiger partial charge is 0.368 e. The molecule has 0 fully saturated rings. The lowest BCUT2D eigenvalue weighted by Gasteiger charge is -2.16. The van der Waals surface area contributed by atoms with Gasteiger partial charge in [-0.25, -0.2) is 9.97 Å². The van der Waals surface area contributed by atoms with Crippen LogP contribution in [0.15, 0.2) is 54.6 Å². The summed E-state index contributed by atoms with van der Waals surface area (Å²) < 4.78 is 37.7. The van der Waals surface area contributed by atoms with Gasteiger partial charge in [0, 0.05) is 55.4 Å². The molecule has 2 aromatic carbocycles. The highest BCUT2D eigenvalue weighted by Crippen LogP contribution is 2.25. The van der Waals surface area contributed by atoms with Gasteiger partial charge < -0.3 is 21.3 Å². The van der Waals surface area contributed by atoms with E-state index in [0.717, 1.165) is 23.3 Å². The van der Waals surface area contributed by atoms with Crippen molar-refractivity contribution in [3.8, 4) is 11.4 Å². The molecule has 9 nitrogen and oxygen atoms in total. The van der Waals surface area contributed by atoms with Gasteiger partial charge in [-0.05, 0) is 19.1 Å². The summed E-state index contributed by atoms with van der Waals surface area (Å²) >= 11 is 0. The number of nitrogens with zero attached hydrogens (tertiary/aromatic N) is 2. The highest BCUT2D eigenvalue weighted by molar-refractivity contribution is 6.01. The van der Waals surface area contributed by atoms with Crippen molar-refractivity contribution >= 4 is 29.2 Å². The molecular formula is C26H27F3N6O3. The van der Waals surface area contributed by atoms with E-state index in [1.807, 2.05) is 37.3 Å². The molecule has 1 heterocycles. The van der Waals surface area contributed by atoms with E-state index in [4.69, 9.17) is 0 Å². The zero-order valence-corrected chi connectivity index (χ0v) is 20.8. The van der Waals surface area contributed by atoms with E-state index in [1.54, 1.807) is 0 Å². The fourth-order valence-corrected chi connectivity index (χ4v) is 3.39. The fourth-order valence-electron chi connectivity index (χ4n) is 3.39. The summed E-state index contributed by atoms with van der Waals surface area (Å²) in [5.74, 6) is -0.978. The number of aromatic nitrogens is 2. The predicted octanol–water partition coefficient (Wildman–Crippen LogP) is 3.59. The molecule has 3 aromatic rings. The zero-order chi connectivity index (χ0) is 27.7. The minimum absolute atomic E-state index is 0.124. The Morgan fingerprint density at radius 3 is 1.82 bits per heavy atom. The molecule has 0 unspecified atom stereocenters. The summed E-state index contributed by atoms with van der Waals surface area (Å²) in [6, 6.07) is 13.7. The van der Waals surface area contributed by atoms with E-state index in [2.05, 4.69) is 31.2 Å². The van der Waals surface area contributed by atoms with Gasteiger partial charge in [0.1, 0.15) is 11.6 Å². The molecule has 0 aliphatic rings. The van der Waals surface area contributed by atoms with Crippen LogP contribution < -0.4 is 21.3 Å². The maximum Gasteiger partial charge on any atom is 0.454 e. The summed E-state index contributed by atoms with van der Waals surface area (Å²) in [6.07, 6.45) is -4.98. The maximum absolute atomic E-state index is 12.6. The lowest BCUT2D eigenvalue weighted by atomic mass is 10.1. The largest absolute Gasteiger partial charge is 0.454 e. The van der Waals surface area contributed by atoms with Gasteiger partial charge in [0.05, 0.1) is 0 Å². The van der Waals surface area contributed by atoms with Crippen molar-refractivity contribution < 1.29 is 27.6 Å². The first-order chi connectivity index (χ1) is 18.1. The van der Waals surface area contributed by atoms with Crippen LogP contribution in [0.4, 0.5) is 24.8 Å². The summed E-state index contributed by atoms with van der Waals surface area (Å²) in [5, 5.41) is 11.8. The van der Waals surface area contributed by atoms with Crippen LogP contribution in [0.5, 0.6) is 0 Å². The van der Waals surface area contributed by atoms with E-state index in [9.17, 15) is 27.6 Å². The number of nitrogens with one attached hydrogen (secondary N) is 4. The molecule has 1 aromatic heterocycles. The first-order valence-electron chi connectivity index (χ1n) is 11.7. The Labute approximate surface area is 217 Å².